The number of benzene rings is 1. The van der Waals surface area contributed by atoms with Gasteiger partial charge in [0.15, 0.2) is 0 Å². The first kappa shape index (κ1) is 17.6. The molecule has 2 N–H and O–H groups in total. The number of aromatic nitrogens is 2. The summed E-state index contributed by atoms with van der Waals surface area (Å²) in [6.07, 6.45) is 0. The smallest absolute Gasteiger partial charge is 0.343 e. The molecule has 0 radical (unpaired) electrons. The van der Waals surface area contributed by atoms with E-state index in [1.807, 2.05) is 6.07 Å². The van der Waals surface area contributed by atoms with E-state index in [0.29, 0.717) is 5.69 Å². The molecule has 124 valence electrons. The summed E-state index contributed by atoms with van der Waals surface area (Å²) >= 11 is 3.32. The van der Waals surface area contributed by atoms with Crippen LogP contribution >= 0.6 is 15.9 Å². The lowest BCUT2D eigenvalue weighted by Crippen LogP contribution is -2.25. The standard InChI is InChI=1S/C14H16BrN3O4S/c1-3-22-14(19)12-9(2)17-18-13(12)23(20,21)16-8-10-5-4-6-11(15)7-10/h4-7,16H,3,8H2,1-2H3,(H,17,18). The van der Waals surface area contributed by atoms with Crippen molar-refractivity contribution in [3.63, 3.8) is 0 Å². The molecule has 0 aliphatic rings. The zero-order valence-corrected chi connectivity index (χ0v) is 15.0. The van der Waals surface area contributed by atoms with Gasteiger partial charge in [-0.15, -0.1) is 0 Å². The summed E-state index contributed by atoms with van der Waals surface area (Å²) in [4.78, 5) is 11.9. The Balaban J connectivity index is 2.25. The molecular weight excluding hydrogens is 386 g/mol. The Hall–Kier alpha value is -1.71. The van der Waals surface area contributed by atoms with Crippen LogP contribution in [0.4, 0.5) is 0 Å². The number of hydrogen-bond acceptors (Lipinski definition) is 5. The molecule has 1 aromatic heterocycles. The van der Waals surface area contributed by atoms with E-state index >= 15 is 0 Å². The molecule has 0 fully saturated rings. The maximum Gasteiger partial charge on any atom is 0.343 e. The van der Waals surface area contributed by atoms with Crippen LogP contribution in [0.25, 0.3) is 0 Å². The minimum atomic E-state index is -3.95. The topological polar surface area (TPSA) is 101 Å². The summed E-state index contributed by atoms with van der Waals surface area (Å²) < 4.78 is 33.0. The van der Waals surface area contributed by atoms with Gasteiger partial charge in [-0.25, -0.2) is 17.9 Å². The lowest BCUT2D eigenvalue weighted by atomic mass is 10.2. The highest BCUT2D eigenvalue weighted by atomic mass is 79.9. The second-order valence-corrected chi connectivity index (χ2v) is 7.30. The number of ether oxygens (including phenoxy) is 1. The molecule has 0 aliphatic heterocycles. The number of carbonyl (C=O) groups is 1. The van der Waals surface area contributed by atoms with E-state index in [4.69, 9.17) is 4.74 Å². The van der Waals surface area contributed by atoms with E-state index < -0.39 is 16.0 Å². The number of carbonyl (C=O) groups excluding carboxylic acids is 1. The summed E-state index contributed by atoms with van der Waals surface area (Å²) in [5.41, 5.74) is 1.03. The Morgan fingerprint density at radius 1 is 1.43 bits per heavy atom. The van der Waals surface area contributed by atoms with Crippen molar-refractivity contribution in [2.45, 2.75) is 25.4 Å². The van der Waals surface area contributed by atoms with Gasteiger partial charge in [-0.2, -0.15) is 5.10 Å². The molecule has 1 heterocycles. The Morgan fingerprint density at radius 2 is 2.17 bits per heavy atom. The predicted octanol–water partition coefficient (Wildman–Crippen LogP) is 2.14. The molecular formula is C14H16BrN3O4S. The van der Waals surface area contributed by atoms with Crippen LogP contribution in [0.15, 0.2) is 33.8 Å². The zero-order chi connectivity index (χ0) is 17.0. The van der Waals surface area contributed by atoms with E-state index in [1.165, 1.54) is 0 Å². The van der Waals surface area contributed by atoms with Crippen molar-refractivity contribution < 1.29 is 17.9 Å². The third kappa shape index (κ3) is 4.18. The molecule has 23 heavy (non-hydrogen) atoms. The van der Waals surface area contributed by atoms with Gasteiger partial charge < -0.3 is 4.74 Å². The Bertz CT molecular complexity index is 817. The average Bonchev–Trinajstić information content (AvgIpc) is 2.88. The number of rotatable bonds is 6. The Labute approximate surface area is 142 Å². The number of sulfonamides is 1. The van der Waals surface area contributed by atoms with Crippen molar-refractivity contribution in [1.82, 2.24) is 14.9 Å². The number of nitrogens with one attached hydrogen (secondary N) is 2. The van der Waals surface area contributed by atoms with Gasteiger partial charge >= 0.3 is 5.97 Å². The van der Waals surface area contributed by atoms with Crippen LogP contribution in [0.5, 0.6) is 0 Å². The molecule has 0 unspecified atom stereocenters. The first-order valence-corrected chi connectivity index (χ1v) is 9.09. The average molecular weight is 402 g/mol. The fourth-order valence-electron chi connectivity index (χ4n) is 1.94. The number of halogens is 1. The van der Waals surface area contributed by atoms with E-state index in [1.54, 1.807) is 32.0 Å². The minimum Gasteiger partial charge on any atom is -0.462 e. The lowest BCUT2D eigenvalue weighted by Gasteiger charge is -2.07. The molecule has 2 aromatic rings. The first-order chi connectivity index (χ1) is 10.8. The predicted molar refractivity (Wildman–Crippen MR) is 87.4 cm³/mol. The third-order valence-corrected chi connectivity index (χ3v) is 4.83. The van der Waals surface area contributed by atoms with Crippen LogP contribution < -0.4 is 4.72 Å². The van der Waals surface area contributed by atoms with Crippen molar-refractivity contribution in [3.05, 3.63) is 45.6 Å². The summed E-state index contributed by atoms with van der Waals surface area (Å²) in [5, 5.41) is 5.89. The van der Waals surface area contributed by atoms with Crippen molar-refractivity contribution >= 4 is 31.9 Å². The van der Waals surface area contributed by atoms with Gasteiger partial charge in [0.25, 0.3) is 10.0 Å². The van der Waals surface area contributed by atoms with Gasteiger partial charge in [0.05, 0.1) is 6.61 Å². The van der Waals surface area contributed by atoms with Gasteiger partial charge in [0.2, 0.25) is 5.03 Å². The van der Waals surface area contributed by atoms with Crippen LogP contribution in [0.2, 0.25) is 0 Å². The van der Waals surface area contributed by atoms with E-state index in [2.05, 4.69) is 30.8 Å². The summed E-state index contributed by atoms with van der Waals surface area (Å²) in [6.45, 7) is 3.43. The molecule has 9 heteroatoms. The second kappa shape index (κ2) is 7.24. The summed E-state index contributed by atoms with van der Waals surface area (Å²) in [6, 6.07) is 7.23. The van der Waals surface area contributed by atoms with E-state index in [9.17, 15) is 13.2 Å². The number of nitrogens with zero attached hydrogens (tertiary/aromatic N) is 1. The largest absolute Gasteiger partial charge is 0.462 e. The monoisotopic (exact) mass is 401 g/mol. The highest BCUT2D eigenvalue weighted by Crippen LogP contribution is 2.18. The third-order valence-electron chi connectivity index (χ3n) is 3.00. The molecule has 0 saturated carbocycles. The highest BCUT2D eigenvalue weighted by molar-refractivity contribution is 9.10. The zero-order valence-electron chi connectivity index (χ0n) is 12.6. The summed E-state index contributed by atoms with van der Waals surface area (Å²) in [5.74, 6) is -0.721. The fraction of sp³-hybridized carbons (Fsp3) is 0.286. The highest BCUT2D eigenvalue weighted by Gasteiger charge is 2.28. The summed E-state index contributed by atoms with van der Waals surface area (Å²) in [7, 11) is -3.95. The van der Waals surface area contributed by atoms with Crippen LogP contribution in [-0.4, -0.2) is 31.2 Å². The molecule has 1 aromatic carbocycles. The molecule has 7 nitrogen and oxygen atoms in total. The van der Waals surface area contributed by atoms with Crippen molar-refractivity contribution in [2.75, 3.05) is 6.61 Å². The van der Waals surface area contributed by atoms with E-state index in [-0.39, 0.29) is 23.7 Å². The number of aryl methyl sites for hydroxylation is 1. The quantitative estimate of drug-likeness (QED) is 0.721. The van der Waals surface area contributed by atoms with Gasteiger partial charge in [-0.05, 0) is 31.5 Å². The lowest BCUT2D eigenvalue weighted by molar-refractivity contribution is 0.0521. The maximum atomic E-state index is 12.4. The molecule has 0 amide bonds. The molecule has 0 bridgehead atoms. The minimum absolute atomic E-state index is 0.0754. The number of aromatic amines is 1. The first-order valence-electron chi connectivity index (χ1n) is 6.81. The van der Waals surface area contributed by atoms with Crippen LogP contribution in [0, 0.1) is 6.92 Å². The molecule has 0 atom stereocenters. The molecule has 2 rings (SSSR count). The van der Waals surface area contributed by atoms with Gasteiger partial charge in [-0.1, -0.05) is 28.1 Å². The van der Waals surface area contributed by atoms with Crippen LogP contribution in [0.3, 0.4) is 0 Å². The normalized spacial score (nSPS) is 11.4. The fourth-order valence-corrected chi connectivity index (χ4v) is 3.55. The number of H-pyrrole nitrogens is 1. The van der Waals surface area contributed by atoms with Gasteiger partial charge in [-0.3, -0.25) is 5.10 Å². The van der Waals surface area contributed by atoms with Crippen molar-refractivity contribution in [1.29, 1.82) is 0 Å². The molecule has 0 aliphatic carbocycles. The Morgan fingerprint density at radius 3 is 2.83 bits per heavy atom. The van der Waals surface area contributed by atoms with Crippen molar-refractivity contribution in [2.24, 2.45) is 0 Å². The molecule has 0 saturated heterocycles. The number of hydrogen-bond donors (Lipinski definition) is 2. The SMILES string of the molecule is CCOC(=O)c1c(S(=O)(=O)NCc2cccc(Br)c2)n[nH]c1C. The second-order valence-electron chi connectivity index (χ2n) is 4.70. The van der Waals surface area contributed by atoms with Crippen molar-refractivity contribution in [3.8, 4) is 0 Å². The van der Waals surface area contributed by atoms with Crippen LogP contribution in [0.1, 0.15) is 28.5 Å². The van der Waals surface area contributed by atoms with E-state index in [0.717, 1.165) is 10.0 Å². The number of esters is 1. The van der Waals surface area contributed by atoms with Gasteiger partial charge in [0.1, 0.15) is 5.56 Å². The van der Waals surface area contributed by atoms with Crippen LogP contribution in [-0.2, 0) is 21.3 Å². The Kier molecular flexibility index (Phi) is 5.55. The maximum absolute atomic E-state index is 12.4. The van der Waals surface area contributed by atoms with Gasteiger partial charge in [0, 0.05) is 16.7 Å². The molecule has 0 spiro atoms.